The molecule has 0 radical (unpaired) electrons. The summed E-state index contributed by atoms with van der Waals surface area (Å²) in [5, 5.41) is 2.79. The molecule has 0 aromatic heterocycles. The zero-order chi connectivity index (χ0) is 11.4. The standard InChI is InChI=1S/C12H15NOS/c1-8(2)7-13-12(14)11-6-10(15)5-4-9(11)3/h4-6,15H,1,7H2,2-3H3,(H,13,14). The van der Waals surface area contributed by atoms with Crippen molar-refractivity contribution in [1.29, 1.82) is 0 Å². The zero-order valence-corrected chi connectivity index (χ0v) is 9.90. The minimum Gasteiger partial charge on any atom is -0.348 e. The number of thiol groups is 1. The van der Waals surface area contributed by atoms with E-state index in [4.69, 9.17) is 0 Å². The van der Waals surface area contributed by atoms with Gasteiger partial charge >= 0.3 is 0 Å². The Balaban J connectivity index is 2.81. The Kier molecular flexibility index (Phi) is 3.97. The quantitative estimate of drug-likeness (QED) is 0.596. The van der Waals surface area contributed by atoms with Gasteiger partial charge in [-0.05, 0) is 31.5 Å². The predicted octanol–water partition coefficient (Wildman–Crippen LogP) is 2.59. The Morgan fingerprint density at radius 1 is 1.53 bits per heavy atom. The molecule has 1 rings (SSSR count). The maximum absolute atomic E-state index is 11.7. The van der Waals surface area contributed by atoms with Crippen molar-refractivity contribution in [2.24, 2.45) is 0 Å². The summed E-state index contributed by atoms with van der Waals surface area (Å²) in [5.74, 6) is -0.0774. The van der Waals surface area contributed by atoms with Crippen LogP contribution in [0.5, 0.6) is 0 Å². The van der Waals surface area contributed by atoms with E-state index in [0.29, 0.717) is 12.1 Å². The second kappa shape index (κ2) is 5.03. The molecule has 15 heavy (non-hydrogen) atoms. The van der Waals surface area contributed by atoms with Crippen LogP contribution in [0.15, 0.2) is 35.2 Å². The van der Waals surface area contributed by atoms with E-state index >= 15 is 0 Å². The van der Waals surface area contributed by atoms with E-state index in [9.17, 15) is 4.79 Å². The number of carbonyl (C=O) groups excluding carboxylic acids is 1. The largest absolute Gasteiger partial charge is 0.348 e. The highest BCUT2D eigenvalue weighted by atomic mass is 32.1. The maximum atomic E-state index is 11.7. The van der Waals surface area contributed by atoms with Gasteiger partial charge in [0.2, 0.25) is 0 Å². The van der Waals surface area contributed by atoms with Gasteiger partial charge in [-0.15, -0.1) is 12.6 Å². The number of carbonyl (C=O) groups is 1. The van der Waals surface area contributed by atoms with Crippen molar-refractivity contribution in [3.63, 3.8) is 0 Å². The molecule has 0 aliphatic rings. The van der Waals surface area contributed by atoms with Crippen LogP contribution in [-0.2, 0) is 0 Å². The molecule has 0 unspecified atom stereocenters. The van der Waals surface area contributed by atoms with Gasteiger partial charge in [-0.25, -0.2) is 0 Å². The summed E-state index contributed by atoms with van der Waals surface area (Å²) in [6.45, 7) is 8.02. The van der Waals surface area contributed by atoms with Crippen molar-refractivity contribution >= 4 is 18.5 Å². The molecule has 2 nitrogen and oxygen atoms in total. The highest BCUT2D eigenvalue weighted by molar-refractivity contribution is 7.80. The van der Waals surface area contributed by atoms with E-state index in [-0.39, 0.29) is 5.91 Å². The van der Waals surface area contributed by atoms with Gasteiger partial charge in [0.25, 0.3) is 5.91 Å². The first-order valence-electron chi connectivity index (χ1n) is 4.73. The molecular formula is C12H15NOS. The molecule has 0 fully saturated rings. The summed E-state index contributed by atoms with van der Waals surface area (Å²) in [4.78, 5) is 12.5. The summed E-state index contributed by atoms with van der Waals surface area (Å²) in [6.07, 6.45) is 0. The molecule has 0 bridgehead atoms. The van der Waals surface area contributed by atoms with Gasteiger partial charge in [-0.3, -0.25) is 4.79 Å². The molecule has 1 aromatic carbocycles. The zero-order valence-electron chi connectivity index (χ0n) is 9.00. The number of nitrogens with one attached hydrogen (secondary N) is 1. The Bertz CT molecular complexity index is 399. The Labute approximate surface area is 95.8 Å². The van der Waals surface area contributed by atoms with E-state index in [1.165, 1.54) is 0 Å². The Morgan fingerprint density at radius 2 is 2.20 bits per heavy atom. The van der Waals surface area contributed by atoms with Crippen molar-refractivity contribution in [2.75, 3.05) is 6.54 Å². The number of hydrogen-bond acceptors (Lipinski definition) is 2. The molecule has 0 atom stereocenters. The van der Waals surface area contributed by atoms with Crippen LogP contribution < -0.4 is 5.32 Å². The minimum atomic E-state index is -0.0774. The minimum absolute atomic E-state index is 0.0774. The molecule has 0 spiro atoms. The third kappa shape index (κ3) is 3.44. The predicted molar refractivity (Wildman–Crippen MR) is 65.6 cm³/mol. The normalized spacial score (nSPS) is 9.80. The first-order valence-corrected chi connectivity index (χ1v) is 5.17. The summed E-state index contributed by atoms with van der Waals surface area (Å²) < 4.78 is 0. The fourth-order valence-electron chi connectivity index (χ4n) is 1.18. The van der Waals surface area contributed by atoms with Gasteiger partial charge in [-0.1, -0.05) is 18.2 Å². The summed E-state index contributed by atoms with van der Waals surface area (Å²) >= 11 is 4.21. The number of aryl methyl sites for hydroxylation is 1. The summed E-state index contributed by atoms with van der Waals surface area (Å²) in [7, 11) is 0. The summed E-state index contributed by atoms with van der Waals surface area (Å²) in [5.41, 5.74) is 2.55. The third-order valence-corrected chi connectivity index (χ3v) is 2.29. The molecule has 0 aliphatic carbocycles. The fourth-order valence-corrected chi connectivity index (χ4v) is 1.38. The molecule has 0 saturated carbocycles. The molecular weight excluding hydrogens is 206 g/mol. The number of hydrogen-bond donors (Lipinski definition) is 2. The molecule has 1 N–H and O–H groups in total. The average Bonchev–Trinajstić information content (AvgIpc) is 2.18. The monoisotopic (exact) mass is 221 g/mol. The van der Waals surface area contributed by atoms with Crippen LogP contribution in [0, 0.1) is 6.92 Å². The topological polar surface area (TPSA) is 29.1 Å². The van der Waals surface area contributed by atoms with Crippen LogP contribution in [0.1, 0.15) is 22.8 Å². The van der Waals surface area contributed by atoms with E-state index in [0.717, 1.165) is 16.0 Å². The van der Waals surface area contributed by atoms with Gasteiger partial charge in [0, 0.05) is 17.0 Å². The van der Waals surface area contributed by atoms with E-state index < -0.39 is 0 Å². The lowest BCUT2D eigenvalue weighted by atomic mass is 10.1. The van der Waals surface area contributed by atoms with Crippen LogP contribution in [0.3, 0.4) is 0 Å². The summed E-state index contributed by atoms with van der Waals surface area (Å²) in [6, 6.07) is 5.53. The van der Waals surface area contributed by atoms with E-state index in [2.05, 4.69) is 24.5 Å². The van der Waals surface area contributed by atoms with Crippen LogP contribution in [0.2, 0.25) is 0 Å². The molecule has 80 valence electrons. The van der Waals surface area contributed by atoms with Gasteiger partial charge in [-0.2, -0.15) is 0 Å². The van der Waals surface area contributed by atoms with Crippen molar-refractivity contribution in [3.05, 3.63) is 41.5 Å². The van der Waals surface area contributed by atoms with Gasteiger partial charge in [0.15, 0.2) is 0 Å². The van der Waals surface area contributed by atoms with Gasteiger partial charge < -0.3 is 5.32 Å². The fraction of sp³-hybridized carbons (Fsp3) is 0.250. The van der Waals surface area contributed by atoms with Crippen LogP contribution >= 0.6 is 12.6 Å². The highest BCUT2D eigenvalue weighted by Crippen LogP contribution is 2.13. The third-order valence-electron chi connectivity index (χ3n) is 2.02. The molecule has 0 saturated heterocycles. The first-order chi connectivity index (χ1) is 7.00. The van der Waals surface area contributed by atoms with Crippen molar-refractivity contribution < 1.29 is 4.79 Å². The van der Waals surface area contributed by atoms with Crippen molar-refractivity contribution in [1.82, 2.24) is 5.32 Å². The first kappa shape index (κ1) is 11.9. The van der Waals surface area contributed by atoms with Crippen LogP contribution in [-0.4, -0.2) is 12.5 Å². The Morgan fingerprint density at radius 3 is 2.80 bits per heavy atom. The Hall–Kier alpha value is -1.22. The van der Waals surface area contributed by atoms with E-state index in [1.54, 1.807) is 6.07 Å². The van der Waals surface area contributed by atoms with Gasteiger partial charge in [0.1, 0.15) is 0 Å². The van der Waals surface area contributed by atoms with Crippen LogP contribution in [0.25, 0.3) is 0 Å². The second-order valence-electron chi connectivity index (χ2n) is 3.64. The number of amides is 1. The highest BCUT2D eigenvalue weighted by Gasteiger charge is 2.08. The van der Waals surface area contributed by atoms with Crippen molar-refractivity contribution in [3.8, 4) is 0 Å². The van der Waals surface area contributed by atoms with Gasteiger partial charge in [0.05, 0.1) is 0 Å². The lowest BCUT2D eigenvalue weighted by Gasteiger charge is -2.07. The van der Waals surface area contributed by atoms with E-state index in [1.807, 2.05) is 26.0 Å². The molecule has 0 heterocycles. The smallest absolute Gasteiger partial charge is 0.251 e. The SMILES string of the molecule is C=C(C)CNC(=O)c1cc(S)ccc1C. The molecule has 1 aromatic rings. The lowest BCUT2D eigenvalue weighted by Crippen LogP contribution is -2.25. The number of benzene rings is 1. The molecule has 3 heteroatoms. The van der Waals surface area contributed by atoms with Crippen molar-refractivity contribution in [2.45, 2.75) is 18.7 Å². The maximum Gasteiger partial charge on any atom is 0.251 e. The average molecular weight is 221 g/mol. The molecule has 0 aliphatic heterocycles. The second-order valence-corrected chi connectivity index (χ2v) is 4.16. The van der Waals surface area contributed by atoms with Crippen LogP contribution in [0.4, 0.5) is 0 Å². The lowest BCUT2D eigenvalue weighted by molar-refractivity contribution is 0.0956. The number of rotatable bonds is 3. The molecule has 1 amide bonds.